The molecule has 2 atom stereocenters. The van der Waals surface area contributed by atoms with Gasteiger partial charge in [0.15, 0.2) is 5.75 Å². The minimum absolute atomic E-state index is 0. The quantitative estimate of drug-likeness (QED) is 0.486. The van der Waals surface area contributed by atoms with E-state index in [1.165, 1.54) is 26.0 Å². The number of hydrogen-bond acceptors (Lipinski definition) is 6. The average Bonchev–Trinajstić information content (AvgIpc) is 2.37. The number of carbonyl (C=O) groups is 1. The number of benzene rings is 1. The normalized spacial score (nSPS) is 13.0. The molecule has 9 heteroatoms. The fraction of sp³-hybridized carbons (Fsp3) is 0.417. The Balaban J connectivity index is 0.00000400. The molecule has 7 nitrogen and oxygen atoms in total. The SMILES string of the molecule is CCOC(=O)C(F)[C@H](N)c1ccc(C)c([N+](=O)[O-])c1O.Cl. The Labute approximate surface area is 126 Å². The Morgan fingerprint density at radius 2 is 2.14 bits per heavy atom. The Bertz CT molecular complexity index is 541. The van der Waals surface area contributed by atoms with E-state index >= 15 is 0 Å². The summed E-state index contributed by atoms with van der Waals surface area (Å²) in [6.45, 7) is 2.90. The number of aromatic hydroxyl groups is 1. The van der Waals surface area contributed by atoms with E-state index in [1.807, 2.05) is 0 Å². The van der Waals surface area contributed by atoms with E-state index in [0.29, 0.717) is 0 Å². The summed E-state index contributed by atoms with van der Waals surface area (Å²) in [6.07, 6.45) is -2.22. The highest BCUT2D eigenvalue weighted by molar-refractivity contribution is 5.85. The number of alkyl halides is 1. The summed E-state index contributed by atoms with van der Waals surface area (Å²) in [5.41, 5.74) is 4.95. The third kappa shape index (κ3) is 4.02. The van der Waals surface area contributed by atoms with Crippen LogP contribution >= 0.6 is 12.4 Å². The summed E-state index contributed by atoms with van der Waals surface area (Å²) in [7, 11) is 0. The maximum Gasteiger partial charge on any atom is 0.342 e. The van der Waals surface area contributed by atoms with Crippen LogP contribution in [0.3, 0.4) is 0 Å². The molecule has 0 aliphatic carbocycles. The summed E-state index contributed by atoms with van der Waals surface area (Å²) in [5.74, 6) is -1.92. The highest BCUT2D eigenvalue weighted by Crippen LogP contribution is 2.37. The minimum atomic E-state index is -2.22. The first kappa shape index (κ1) is 19.1. The van der Waals surface area contributed by atoms with Crippen molar-refractivity contribution in [1.82, 2.24) is 0 Å². The van der Waals surface area contributed by atoms with Crippen molar-refractivity contribution < 1.29 is 24.0 Å². The van der Waals surface area contributed by atoms with Gasteiger partial charge in [0.1, 0.15) is 0 Å². The van der Waals surface area contributed by atoms with E-state index in [0.717, 1.165) is 0 Å². The molecule has 3 N–H and O–H groups in total. The number of ether oxygens (including phenoxy) is 1. The molecule has 0 aliphatic heterocycles. The molecule has 1 aromatic rings. The van der Waals surface area contributed by atoms with E-state index in [4.69, 9.17) is 5.73 Å². The first-order chi connectivity index (χ1) is 9.31. The lowest BCUT2D eigenvalue weighted by molar-refractivity contribution is -0.386. The molecule has 21 heavy (non-hydrogen) atoms. The van der Waals surface area contributed by atoms with Crippen molar-refractivity contribution in [1.29, 1.82) is 0 Å². The highest BCUT2D eigenvalue weighted by Gasteiger charge is 2.32. The van der Waals surface area contributed by atoms with E-state index in [9.17, 15) is 24.4 Å². The maximum atomic E-state index is 13.8. The number of phenolic OH excluding ortho intramolecular Hbond substituents is 1. The molecule has 1 rings (SSSR count). The Hall–Kier alpha value is -1.93. The van der Waals surface area contributed by atoms with Crippen molar-refractivity contribution in [2.75, 3.05) is 6.61 Å². The van der Waals surface area contributed by atoms with Crippen molar-refractivity contribution >= 4 is 24.1 Å². The Morgan fingerprint density at radius 1 is 1.57 bits per heavy atom. The van der Waals surface area contributed by atoms with Crippen LogP contribution in [0.1, 0.15) is 24.1 Å². The molecular formula is C12H16ClFN2O5. The van der Waals surface area contributed by atoms with Crippen molar-refractivity contribution in [3.05, 3.63) is 33.4 Å². The van der Waals surface area contributed by atoms with Crippen molar-refractivity contribution in [3.63, 3.8) is 0 Å². The standard InChI is InChI=1S/C12H15FN2O5.ClH/c1-3-20-12(17)8(13)9(14)7-5-4-6(2)10(11(7)16)15(18)19;/h4-5,8-9,16H,3,14H2,1-2H3;1H/t8?,9-;/m1./s1. The van der Waals surface area contributed by atoms with Gasteiger partial charge in [-0.05, 0) is 13.8 Å². The molecular weight excluding hydrogens is 307 g/mol. The number of carbonyl (C=O) groups excluding carboxylic acids is 1. The van der Waals surface area contributed by atoms with E-state index in [1.54, 1.807) is 0 Å². The van der Waals surface area contributed by atoms with Gasteiger partial charge in [-0.1, -0.05) is 12.1 Å². The zero-order valence-corrected chi connectivity index (χ0v) is 12.2. The summed E-state index contributed by atoms with van der Waals surface area (Å²) in [5, 5.41) is 20.7. The van der Waals surface area contributed by atoms with Crippen molar-refractivity contribution in [3.8, 4) is 5.75 Å². The number of esters is 1. The largest absolute Gasteiger partial charge is 0.502 e. The van der Waals surface area contributed by atoms with Crippen LogP contribution in [0.25, 0.3) is 0 Å². The molecule has 0 saturated heterocycles. The molecule has 0 saturated carbocycles. The van der Waals surface area contributed by atoms with E-state index in [-0.39, 0.29) is 30.1 Å². The molecule has 0 amide bonds. The second-order valence-electron chi connectivity index (χ2n) is 4.11. The Morgan fingerprint density at radius 3 is 2.62 bits per heavy atom. The van der Waals surface area contributed by atoms with Crippen LogP contribution in [0.2, 0.25) is 0 Å². The lowest BCUT2D eigenvalue weighted by Crippen LogP contribution is -2.31. The topological polar surface area (TPSA) is 116 Å². The lowest BCUT2D eigenvalue weighted by Gasteiger charge is -2.17. The molecule has 0 aromatic heterocycles. The fourth-order valence-corrected chi connectivity index (χ4v) is 1.72. The first-order valence-corrected chi connectivity index (χ1v) is 5.84. The second-order valence-corrected chi connectivity index (χ2v) is 4.11. The maximum absolute atomic E-state index is 13.8. The molecule has 0 heterocycles. The molecule has 0 fully saturated rings. The summed E-state index contributed by atoms with van der Waals surface area (Å²) in [6, 6.07) is 1.02. The van der Waals surface area contributed by atoms with Crippen LogP contribution in [-0.2, 0) is 9.53 Å². The predicted molar refractivity (Wildman–Crippen MR) is 75.2 cm³/mol. The zero-order chi connectivity index (χ0) is 15.4. The van der Waals surface area contributed by atoms with E-state index in [2.05, 4.69) is 4.74 Å². The number of phenols is 1. The summed E-state index contributed by atoms with van der Waals surface area (Å²) < 4.78 is 18.3. The summed E-state index contributed by atoms with van der Waals surface area (Å²) >= 11 is 0. The van der Waals surface area contributed by atoms with Crippen LogP contribution in [0.4, 0.5) is 10.1 Å². The number of halogens is 2. The van der Waals surface area contributed by atoms with Crippen LogP contribution < -0.4 is 5.73 Å². The van der Waals surface area contributed by atoms with Gasteiger partial charge in [0.05, 0.1) is 17.6 Å². The van der Waals surface area contributed by atoms with Gasteiger partial charge in [-0.25, -0.2) is 9.18 Å². The second kappa shape index (κ2) is 7.75. The molecule has 0 bridgehead atoms. The summed E-state index contributed by atoms with van der Waals surface area (Å²) in [4.78, 5) is 21.3. The molecule has 1 unspecified atom stereocenters. The number of hydrogen-bond donors (Lipinski definition) is 2. The van der Waals surface area contributed by atoms with Gasteiger partial charge in [0.2, 0.25) is 6.17 Å². The number of nitrogens with two attached hydrogens (primary N) is 1. The number of aryl methyl sites for hydroxylation is 1. The first-order valence-electron chi connectivity index (χ1n) is 5.84. The molecule has 118 valence electrons. The molecule has 0 radical (unpaired) electrons. The van der Waals surface area contributed by atoms with Crippen LogP contribution in [0.5, 0.6) is 5.75 Å². The van der Waals surface area contributed by atoms with Crippen molar-refractivity contribution in [2.45, 2.75) is 26.1 Å². The number of nitrogens with zero attached hydrogens (tertiary/aromatic N) is 1. The Kier molecular flexibility index (Phi) is 7.04. The third-order valence-electron chi connectivity index (χ3n) is 2.75. The third-order valence-corrected chi connectivity index (χ3v) is 2.75. The zero-order valence-electron chi connectivity index (χ0n) is 11.4. The van der Waals surface area contributed by atoms with Crippen molar-refractivity contribution in [2.24, 2.45) is 5.73 Å². The highest BCUT2D eigenvalue weighted by atomic mass is 35.5. The number of rotatable bonds is 5. The van der Waals surface area contributed by atoms with Crippen LogP contribution in [0.15, 0.2) is 12.1 Å². The predicted octanol–water partition coefficient (Wildman–Crippen LogP) is 1.93. The van der Waals surface area contributed by atoms with E-state index < -0.39 is 34.5 Å². The van der Waals surface area contributed by atoms with Gasteiger partial charge in [-0.15, -0.1) is 12.4 Å². The van der Waals surface area contributed by atoms with Gasteiger partial charge in [0.25, 0.3) is 0 Å². The number of nitro benzene ring substituents is 1. The van der Waals surface area contributed by atoms with Crippen LogP contribution in [-0.4, -0.2) is 28.8 Å². The number of nitro groups is 1. The molecule has 0 spiro atoms. The fourth-order valence-electron chi connectivity index (χ4n) is 1.72. The van der Waals surface area contributed by atoms with Gasteiger partial charge in [-0.3, -0.25) is 10.1 Å². The molecule has 1 aromatic carbocycles. The van der Waals surface area contributed by atoms with Gasteiger partial charge < -0.3 is 15.6 Å². The lowest BCUT2D eigenvalue weighted by atomic mass is 9.99. The average molecular weight is 323 g/mol. The minimum Gasteiger partial charge on any atom is -0.502 e. The van der Waals surface area contributed by atoms with Crippen LogP contribution in [0, 0.1) is 17.0 Å². The van der Waals surface area contributed by atoms with Gasteiger partial charge >= 0.3 is 11.7 Å². The van der Waals surface area contributed by atoms with Gasteiger partial charge in [-0.2, -0.15) is 0 Å². The monoisotopic (exact) mass is 322 g/mol. The molecule has 0 aliphatic rings. The van der Waals surface area contributed by atoms with Gasteiger partial charge in [0, 0.05) is 11.1 Å². The smallest absolute Gasteiger partial charge is 0.342 e.